The van der Waals surface area contributed by atoms with Crippen LogP contribution in [0.4, 0.5) is 5.69 Å². The molecule has 0 fully saturated rings. The van der Waals surface area contributed by atoms with Crippen LogP contribution in [0.25, 0.3) is 22.1 Å². The van der Waals surface area contributed by atoms with Crippen molar-refractivity contribution >= 4 is 51.2 Å². The van der Waals surface area contributed by atoms with Gasteiger partial charge in [-0.1, -0.05) is 23.9 Å². The third kappa shape index (κ3) is 3.41. The molecule has 0 spiro atoms. The first-order valence-corrected chi connectivity index (χ1v) is 9.40. The number of hydrogen-bond donors (Lipinski definition) is 2. The van der Waals surface area contributed by atoms with E-state index in [1.54, 1.807) is 0 Å². The minimum Gasteiger partial charge on any atom is -0.506 e. The second-order valence-corrected chi connectivity index (χ2v) is 7.04. The summed E-state index contributed by atoms with van der Waals surface area (Å²) >= 11 is 1.25. The number of Topliss-reactive ketones (excluding diaryl/α,β-unsaturated/α-hetero) is 1. The first kappa shape index (κ1) is 18.0. The van der Waals surface area contributed by atoms with Gasteiger partial charge in [-0.3, -0.25) is 9.59 Å². The van der Waals surface area contributed by atoms with Crippen LogP contribution in [0.15, 0.2) is 58.2 Å². The summed E-state index contributed by atoms with van der Waals surface area (Å²) in [5.74, 6) is -0.478. The smallest absolute Gasteiger partial charge is 0.221 e. The minimum absolute atomic E-state index is 0.0980. The van der Waals surface area contributed by atoms with Crippen molar-refractivity contribution in [2.45, 2.75) is 11.9 Å². The number of aromatic nitrogens is 2. The molecule has 0 aliphatic heterocycles. The largest absolute Gasteiger partial charge is 0.506 e. The molecule has 0 saturated heterocycles. The van der Waals surface area contributed by atoms with Crippen molar-refractivity contribution < 1.29 is 19.1 Å². The van der Waals surface area contributed by atoms with Crippen molar-refractivity contribution in [3.63, 3.8) is 0 Å². The molecule has 2 heterocycles. The molecule has 0 aliphatic rings. The molecule has 4 aromatic rings. The van der Waals surface area contributed by atoms with Crippen LogP contribution in [0.1, 0.15) is 17.3 Å². The molecular formula is C20H15N3O4S. The lowest BCUT2D eigenvalue weighted by atomic mass is 10.1. The molecule has 8 heteroatoms. The average molecular weight is 393 g/mol. The van der Waals surface area contributed by atoms with Gasteiger partial charge in [0.25, 0.3) is 0 Å². The molecule has 0 aliphatic carbocycles. The number of furan rings is 1. The highest BCUT2D eigenvalue weighted by Crippen LogP contribution is 2.33. The van der Waals surface area contributed by atoms with E-state index in [4.69, 9.17) is 4.42 Å². The summed E-state index contributed by atoms with van der Waals surface area (Å²) in [6, 6.07) is 11.9. The topological polar surface area (TPSA) is 105 Å². The number of nitrogens with zero attached hydrogens (tertiary/aromatic N) is 2. The van der Waals surface area contributed by atoms with Crippen molar-refractivity contribution in [1.82, 2.24) is 9.97 Å². The maximum atomic E-state index is 12.6. The molecule has 2 N–H and O–H groups in total. The Kier molecular flexibility index (Phi) is 4.70. The van der Waals surface area contributed by atoms with E-state index in [1.807, 2.05) is 24.3 Å². The van der Waals surface area contributed by atoms with E-state index in [1.165, 1.54) is 43.2 Å². The molecule has 0 unspecified atom stereocenters. The van der Waals surface area contributed by atoms with E-state index < -0.39 is 0 Å². The Balaban J connectivity index is 1.58. The van der Waals surface area contributed by atoms with Crippen LogP contribution in [0.3, 0.4) is 0 Å². The molecule has 28 heavy (non-hydrogen) atoms. The van der Waals surface area contributed by atoms with Crippen LogP contribution < -0.4 is 5.32 Å². The predicted octanol–water partition coefficient (Wildman–Crippen LogP) is 4.02. The number of ketones is 1. The fourth-order valence-corrected chi connectivity index (χ4v) is 3.65. The fraction of sp³-hybridized carbons (Fsp3) is 0.100. The number of anilines is 1. The summed E-state index contributed by atoms with van der Waals surface area (Å²) in [6.07, 6.45) is 1.45. The number of phenolic OH excluding ortho intramolecular Hbond substituents is 1. The molecule has 0 radical (unpaired) electrons. The Morgan fingerprint density at radius 3 is 2.82 bits per heavy atom. The maximum absolute atomic E-state index is 12.6. The van der Waals surface area contributed by atoms with Gasteiger partial charge in [0, 0.05) is 17.9 Å². The number of aromatic hydroxyl groups is 1. The number of phenols is 1. The number of amides is 1. The number of thioether (sulfide) groups is 1. The summed E-state index contributed by atoms with van der Waals surface area (Å²) in [7, 11) is 0. The van der Waals surface area contributed by atoms with E-state index >= 15 is 0 Å². The van der Waals surface area contributed by atoms with Gasteiger partial charge in [-0.2, -0.15) is 0 Å². The summed E-state index contributed by atoms with van der Waals surface area (Å²) in [5, 5.41) is 13.8. The van der Waals surface area contributed by atoms with Gasteiger partial charge in [0.2, 0.25) is 5.91 Å². The first-order chi connectivity index (χ1) is 13.5. The third-order valence-corrected chi connectivity index (χ3v) is 5.07. The van der Waals surface area contributed by atoms with Crippen LogP contribution >= 0.6 is 11.8 Å². The molecule has 0 bridgehead atoms. The number of nitrogens with one attached hydrogen (secondary N) is 1. The average Bonchev–Trinajstić information content (AvgIpc) is 3.07. The van der Waals surface area contributed by atoms with Crippen molar-refractivity contribution in [1.29, 1.82) is 0 Å². The second kappa shape index (κ2) is 7.32. The number of rotatable bonds is 5. The summed E-state index contributed by atoms with van der Waals surface area (Å²) in [6.45, 7) is 1.33. The molecule has 4 rings (SSSR count). The molecule has 2 aromatic heterocycles. The number of para-hydroxylation sites is 1. The molecule has 0 atom stereocenters. The molecule has 1 amide bonds. The Labute approximate surface area is 163 Å². The van der Waals surface area contributed by atoms with Crippen molar-refractivity contribution in [2.75, 3.05) is 11.1 Å². The van der Waals surface area contributed by atoms with Gasteiger partial charge in [-0.05, 0) is 30.3 Å². The van der Waals surface area contributed by atoms with Crippen molar-refractivity contribution in [2.24, 2.45) is 0 Å². The zero-order valence-corrected chi connectivity index (χ0v) is 15.6. The molecule has 140 valence electrons. The Hall–Kier alpha value is -3.39. The van der Waals surface area contributed by atoms with Crippen LogP contribution in [0.2, 0.25) is 0 Å². The van der Waals surface area contributed by atoms with E-state index in [-0.39, 0.29) is 28.9 Å². The zero-order chi connectivity index (χ0) is 19.7. The summed E-state index contributed by atoms with van der Waals surface area (Å²) in [5.41, 5.74) is 2.54. The van der Waals surface area contributed by atoms with Crippen LogP contribution in [-0.2, 0) is 4.79 Å². The normalized spacial score (nSPS) is 11.0. The van der Waals surface area contributed by atoms with Gasteiger partial charge >= 0.3 is 0 Å². The van der Waals surface area contributed by atoms with Crippen LogP contribution in [-0.4, -0.2) is 32.5 Å². The van der Waals surface area contributed by atoms with E-state index in [0.717, 1.165) is 5.39 Å². The van der Waals surface area contributed by atoms with Gasteiger partial charge in [0.15, 0.2) is 11.4 Å². The Bertz CT molecular complexity index is 1220. The van der Waals surface area contributed by atoms with Crippen molar-refractivity contribution in [3.05, 3.63) is 54.4 Å². The predicted molar refractivity (Wildman–Crippen MR) is 107 cm³/mol. The minimum atomic E-state index is -0.331. The number of benzene rings is 2. The number of hydrogen-bond acceptors (Lipinski definition) is 7. The molecule has 0 saturated carbocycles. The van der Waals surface area contributed by atoms with Crippen LogP contribution in [0, 0.1) is 0 Å². The third-order valence-electron chi connectivity index (χ3n) is 4.09. The highest BCUT2D eigenvalue weighted by Gasteiger charge is 2.16. The maximum Gasteiger partial charge on any atom is 0.221 e. The quantitative estimate of drug-likeness (QED) is 0.228. The Morgan fingerprint density at radius 2 is 2.00 bits per heavy atom. The van der Waals surface area contributed by atoms with Gasteiger partial charge in [-0.25, -0.2) is 9.97 Å². The first-order valence-electron chi connectivity index (χ1n) is 8.42. The highest BCUT2D eigenvalue weighted by atomic mass is 32.2. The lowest BCUT2D eigenvalue weighted by Gasteiger charge is -2.07. The van der Waals surface area contributed by atoms with Gasteiger partial charge < -0.3 is 14.8 Å². The summed E-state index contributed by atoms with van der Waals surface area (Å²) in [4.78, 5) is 32.3. The van der Waals surface area contributed by atoms with Crippen LogP contribution in [0.5, 0.6) is 5.75 Å². The summed E-state index contributed by atoms with van der Waals surface area (Å²) < 4.78 is 5.86. The molecular weight excluding hydrogens is 378 g/mol. The lowest BCUT2D eigenvalue weighted by Crippen LogP contribution is -2.08. The van der Waals surface area contributed by atoms with Gasteiger partial charge in [-0.15, -0.1) is 0 Å². The fourth-order valence-electron chi connectivity index (χ4n) is 2.82. The van der Waals surface area contributed by atoms with E-state index in [9.17, 15) is 14.7 Å². The number of carbonyl (C=O) groups excluding carboxylic acids is 2. The van der Waals surface area contributed by atoms with Gasteiger partial charge in [0.1, 0.15) is 28.2 Å². The van der Waals surface area contributed by atoms with Crippen molar-refractivity contribution in [3.8, 4) is 5.75 Å². The van der Waals surface area contributed by atoms with E-state index in [2.05, 4.69) is 15.3 Å². The molecule has 7 nitrogen and oxygen atoms in total. The number of carbonyl (C=O) groups is 2. The Morgan fingerprint density at radius 1 is 1.18 bits per heavy atom. The SMILES string of the molecule is CC(=O)Nc1cc(C(=O)CSc2ncnc3c2oc2ccccc23)ccc1O. The second-order valence-electron chi connectivity index (χ2n) is 6.08. The monoisotopic (exact) mass is 393 g/mol. The zero-order valence-electron chi connectivity index (χ0n) is 14.8. The van der Waals surface area contributed by atoms with Gasteiger partial charge in [0.05, 0.1) is 11.4 Å². The number of fused-ring (bicyclic) bond motifs is 3. The standard InChI is InChI=1S/C20H15N3O4S/c1-11(24)23-14-8-12(6-7-15(14)25)16(26)9-28-20-19-18(21-10-22-20)13-4-2-3-5-17(13)27-19/h2-8,10,25H,9H2,1H3,(H,23,24). The lowest BCUT2D eigenvalue weighted by molar-refractivity contribution is -0.114. The van der Waals surface area contributed by atoms with E-state index in [0.29, 0.717) is 27.3 Å². The molecule has 2 aromatic carbocycles. The highest BCUT2D eigenvalue weighted by molar-refractivity contribution is 8.00.